The van der Waals surface area contributed by atoms with Gasteiger partial charge in [-0.3, -0.25) is 0 Å². The molecule has 0 aliphatic carbocycles. The van der Waals surface area contributed by atoms with E-state index in [0.29, 0.717) is 0 Å². The van der Waals surface area contributed by atoms with Crippen LogP contribution >= 0.6 is 0 Å². The van der Waals surface area contributed by atoms with Crippen LogP contribution in [0.1, 0.15) is 77.6 Å². The highest BCUT2D eigenvalue weighted by atomic mass is 19.5. The molecule has 0 radical (unpaired) electrons. The second kappa shape index (κ2) is 15.0. The highest BCUT2D eigenvalue weighted by Gasteiger charge is 2.20. The second-order valence-corrected chi connectivity index (χ2v) is 6.31. The number of hydrogen-bond acceptors (Lipinski definition) is 0. The van der Waals surface area contributed by atoms with Crippen LogP contribution in [-0.2, 0) is 6.54 Å². The normalized spacial score (nSPS) is 11.1. The summed E-state index contributed by atoms with van der Waals surface area (Å²) in [5, 5.41) is 0. The first-order valence-corrected chi connectivity index (χ1v) is 9.43. The van der Waals surface area contributed by atoms with Crippen molar-refractivity contribution >= 4 is 13.5 Å². The molecule has 0 aromatic carbocycles. The minimum atomic E-state index is -6.00. The zero-order valence-electron chi connectivity index (χ0n) is 15.5. The van der Waals surface area contributed by atoms with Crippen LogP contribution in [0.25, 0.3) is 6.20 Å². The fourth-order valence-corrected chi connectivity index (χ4v) is 2.61. The van der Waals surface area contributed by atoms with Crippen molar-refractivity contribution in [2.75, 3.05) is 0 Å². The molecule has 1 rings (SSSR count). The lowest BCUT2D eigenvalue weighted by Gasteiger charge is -2.02. The molecule has 1 aromatic rings. The van der Waals surface area contributed by atoms with Crippen molar-refractivity contribution in [3.63, 3.8) is 0 Å². The summed E-state index contributed by atoms with van der Waals surface area (Å²) in [4.78, 5) is 0. The lowest BCUT2D eigenvalue weighted by atomic mass is 10.1. The topological polar surface area (TPSA) is 8.81 Å². The van der Waals surface area contributed by atoms with Gasteiger partial charge in [0.2, 0.25) is 6.33 Å². The molecule has 0 saturated heterocycles. The van der Waals surface area contributed by atoms with Gasteiger partial charge in [-0.05, 0) is 12.8 Å². The van der Waals surface area contributed by atoms with Crippen molar-refractivity contribution < 1.29 is 21.8 Å². The zero-order valence-corrected chi connectivity index (χ0v) is 15.5. The van der Waals surface area contributed by atoms with Crippen LogP contribution in [0.15, 0.2) is 25.3 Å². The van der Waals surface area contributed by atoms with Crippen molar-refractivity contribution in [2.24, 2.45) is 0 Å². The fourth-order valence-electron chi connectivity index (χ4n) is 2.61. The molecule has 0 unspecified atom stereocenters. The van der Waals surface area contributed by atoms with Crippen LogP contribution in [0.3, 0.4) is 0 Å². The Morgan fingerprint density at radius 1 is 0.880 bits per heavy atom. The Kier molecular flexibility index (Phi) is 14.3. The van der Waals surface area contributed by atoms with E-state index in [9.17, 15) is 17.3 Å². The van der Waals surface area contributed by atoms with Crippen molar-refractivity contribution in [3.8, 4) is 0 Å². The van der Waals surface area contributed by atoms with Crippen LogP contribution in [0, 0.1) is 0 Å². The molecule has 0 saturated carbocycles. The number of nitrogens with zero attached hydrogens (tertiary/aromatic N) is 2. The van der Waals surface area contributed by atoms with E-state index in [2.05, 4.69) is 30.6 Å². The standard InChI is InChI=1S/C18H33N2.BF4/c1-3-5-6-7-8-9-10-11-12-13-14-15-20-17-16-19(4-2)18-20;2-1(3,4)5/h4,16-18H,2-3,5-15H2,1H3;/q+1;-1. The van der Waals surface area contributed by atoms with Crippen molar-refractivity contribution in [1.29, 1.82) is 0 Å². The molecule has 0 atom stereocenters. The van der Waals surface area contributed by atoms with Crippen LogP contribution in [0.4, 0.5) is 17.3 Å². The summed E-state index contributed by atoms with van der Waals surface area (Å²) in [5.74, 6) is 0. The average molecular weight is 364 g/mol. The molecule has 7 heteroatoms. The smallest absolute Gasteiger partial charge is 0.418 e. The summed E-state index contributed by atoms with van der Waals surface area (Å²) in [6, 6.07) is 0. The minimum Gasteiger partial charge on any atom is -0.418 e. The molecule has 0 aliphatic rings. The Balaban J connectivity index is 0.00000101. The molecular weight excluding hydrogens is 331 g/mol. The van der Waals surface area contributed by atoms with Crippen LogP contribution in [0.2, 0.25) is 0 Å². The molecule has 0 spiro atoms. The first-order valence-electron chi connectivity index (χ1n) is 9.43. The number of rotatable bonds is 13. The fraction of sp³-hybridized carbons (Fsp3) is 0.722. The van der Waals surface area contributed by atoms with Gasteiger partial charge in [-0.2, -0.15) is 0 Å². The van der Waals surface area contributed by atoms with E-state index in [1.54, 1.807) is 0 Å². The summed E-state index contributed by atoms with van der Waals surface area (Å²) in [6.07, 6.45) is 23.6. The molecule has 2 nitrogen and oxygen atoms in total. The van der Waals surface area contributed by atoms with Crippen LogP contribution in [-0.4, -0.2) is 11.8 Å². The van der Waals surface area contributed by atoms with Crippen LogP contribution in [0.5, 0.6) is 0 Å². The predicted octanol–water partition coefficient (Wildman–Crippen LogP) is 6.49. The van der Waals surface area contributed by atoms with Crippen molar-refractivity contribution in [1.82, 2.24) is 4.57 Å². The van der Waals surface area contributed by atoms with E-state index in [1.165, 1.54) is 70.6 Å². The third-order valence-corrected chi connectivity index (χ3v) is 3.94. The minimum absolute atomic E-state index is 1.14. The first kappa shape index (κ1) is 23.7. The number of unbranched alkanes of at least 4 members (excludes halogenated alkanes) is 10. The van der Waals surface area contributed by atoms with Gasteiger partial charge in [-0.25, -0.2) is 9.13 Å². The SMILES string of the molecule is C=Cn1cc[n+](CCCCCCCCCCCCC)c1.F[B-](F)(F)F. The number of aromatic nitrogens is 2. The Bertz CT molecular complexity index is 427. The highest BCUT2D eigenvalue weighted by Crippen LogP contribution is 2.11. The van der Waals surface area contributed by atoms with Gasteiger partial charge < -0.3 is 17.3 Å². The van der Waals surface area contributed by atoms with Gasteiger partial charge in [0.05, 0.1) is 12.7 Å². The van der Waals surface area contributed by atoms with Crippen molar-refractivity contribution in [3.05, 3.63) is 25.3 Å². The maximum Gasteiger partial charge on any atom is 0.673 e. The lowest BCUT2D eigenvalue weighted by Crippen LogP contribution is -2.30. The third kappa shape index (κ3) is 18.9. The van der Waals surface area contributed by atoms with Gasteiger partial charge in [0.25, 0.3) is 0 Å². The van der Waals surface area contributed by atoms with E-state index in [1.807, 2.05) is 17.0 Å². The van der Waals surface area contributed by atoms with Crippen LogP contribution < -0.4 is 4.57 Å². The molecule has 0 amide bonds. The van der Waals surface area contributed by atoms with Gasteiger partial charge >= 0.3 is 7.25 Å². The maximum atomic E-state index is 9.75. The van der Waals surface area contributed by atoms with E-state index in [4.69, 9.17) is 0 Å². The molecular formula is C18H33BF4N2. The predicted molar refractivity (Wildman–Crippen MR) is 97.7 cm³/mol. The summed E-state index contributed by atoms with van der Waals surface area (Å²) in [6.45, 7) is 7.17. The van der Waals surface area contributed by atoms with Gasteiger partial charge in [-0.15, -0.1) is 0 Å². The summed E-state index contributed by atoms with van der Waals surface area (Å²) < 4.78 is 43.2. The first-order chi connectivity index (χ1) is 11.9. The highest BCUT2D eigenvalue weighted by molar-refractivity contribution is 6.50. The Labute approximate surface area is 150 Å². The molecule has 1 heterocycles. The van der Waals surface area contributed by atoms with E-state index < -0.39 is 7.25 Å². The van der Waals surface area contributed by atoms with E-state index in [0.717, 1.165) is 6.54 Å². The Morgan fingerprint density at radius 2 is 1.32 bits per heavy atom. The number of imidazole rings is 1. The maximum absolute atomic E-state index is 9.75. The van der Waals surface area contributed by atoms with E-state index in [-0.39, 0.29) is 0 Å². The monoisotopic (exact) mass is 364 g/mol. The molecule has 146 valence electrons. The Morgan fingerprint density at radius 3 is 1.72 bits per heavy atom. The molecule has 0 fully saturated rings. The number of hydrogen-bond donors (Lipinski definition) is 0. The van der Waals surface area contributed by atoms with Crippen molar-refractivity contribution in [2.45, 2.75) is 84.1 Å². The van der Waals surface area contributed by atoms with Gasteiger partial charge in [0.15, 0.2) is 0 Å². The number of halogens is 4. The molecule has 0 N–H and O–H groups in total. The van der Waals surface area contributed by atoms with Gasteiger partial charge in [0.1, 0.15) is 12.4 Å². The van der Waals surface area contributed by atoms with Gasteiger partial charge in [-0.1, -0.05) is 71.3 Å². The lowest BCUT2D eigenvalue weighted by molar-refractivity contribution is -0.696. The van der Waals surface area contributed by atoms with Gasteiger partial charge in [0, 0.05) is 0 Å². The second-order valence-electron chi connectivity index (χ2n) is 6.31. The molecule has 25 heavy (non-hydrogen) atoms. The molecule has 0 bridgehead atoms. The quantitative estimate of drug-likeness (QED) is 0.164. The van der Waals surface area contributed by atoms with E-state index >= 15 is 0 Å². The average Bonchev–Trinajstić information content (AvgIpc) is 2.99. The number of aryl methyl sites for hydroxylation is 1. The summed E-state index contributed by atoms with van der Waals surface area (Å²) in [5.41, 5.74) is 0. The summed E-state index contributed by atoms with van der Waals surface area (Å²) in [7, 11) is -6.00. The largest absolute Gasteiger partial charge is 0.673 e. The summed E-state index contributed by atoms with van der Waals surface area (Å²) >= 11 is 0. The zero-order chi connectivity index (χ0) is 19.0. The third-order valence-electron chi connectivity index (χ3n) is 3.94. The molecule has 0 aliphatic heterocycles. The molecule has 1 aromatic heterocycles. The Hall–Kier alpha value is -1.27.